The van der Waals surface area contributed by atoms with E-state index in [9.17, 15) is 19.2 Å². The second kappa shape index (κ2) is 20.6. The van der Waals surface area contributed by atoms with Crippen LogP contribution in [0.2, 0.25) is 0 Å². The smallest absolute Gasteiger partial charge is 0.407 e. The number of hydrogen-bond acceptors (Lipinski definition) is 9. The Morgan fingerprint density at radius 1 is 0.907 bits per heavy atom. The van der Waals surface area contributed by atoms with E-state index >= 15 is 0 Å². The summed E-state index contributed by atoms with van der Waals surface area (Å²) in [5.41, 5.74) is 4.60. The molecule has 5 rings (SSSR count). The van der Waals surface area contributed by atoms with Crippen molar-refractivity contribution in [3.63, 3.8) is 0 Å². The molecule has 2 aromatic heterocycles. The monoisotopic (exact) mass is 773 g/mol. The number of likely N-dealkylation sites (tertiary alicyclic amines) is 1. The van der Waals surface area contributed by atoms with Crippen LogP contribution in [0.1, 0.15) is 78.6 Å². The Kier molecular flexibility index (Phi) is 15.4. The Morgan fingerprint density at radius 3 is 2.15 bits per heavy atom. The van der Waals surface area contributed by atoms with E-state index < -0.39 is 18.2 Å². The molecule has 3 N–H and O–H groups in total. The van der Waals surface area contributed by atoms with Gasteiger partial charge in [0.15, 0.2) is 0 Å². The van der Waals surface area contributed by atoms with Crippen molar-refractivity contribution in [2.45, 2.75) is 96.0 Å². The quantitative estimate of drug-likeness (QED) is 0.102. The Labute approximate surface area is 325 Å². The van der Waals surface area contributed by atoms with Crippen LogP contribution in [0.15, 0.2) is 77.8 Å². The van der Waals surface area contributed by atoms with Crippen LogP contribution >= 0.6 is 22.7 Å². The number of amides is 5. The molecule has 4 aromatic rings. The third kappa shape index (κ3) is 12.9. The minimum Gasteiger partial charge on any atom is -0.444 e. The molecule has 0 unspecified atom stereocenters. The number of nitrogens with one attached hydrogen (secondary N) is 3. The highest BCUT2D eigenvalue weighted by atomic mass is 32.1. The van der Waals surface area contributed by atoms with Gasteiger partial charge in [0.2, 0.25) is 11.8 Å². The van der Waals surface area contributed by atoms with Gasteiger partial charge in [-0.2, -0.15) is 0 Å². The third-order valence-electron chi connectivity index (χ3n) is 9.29. The summed E-state index contributed by atoms with van der Waals surface area (Å²) in [4.78, 5) is 66.0. The number of carbonyl (C=O) groups excluding carboxylic acids is 4. The molecule has 5 amide bonds. The van der Waals surface area contributed by atoms with Crippen molar-refractivity contribution in [3.05, 3.63) is 104 Å². The average molecular weight is 774 g/mol. The molecule has 14 heteroatoms. The molecule has 0 radical (unpaired) electrons. The van der Waals surface area contributed by atoms with Crippen LogP contribution in [0, 0.1) is 0 Å². The van der Waals surface area contributed by atoms with Crippen LogP contribution in [0.5, 0.6) is 0 Å². The van der Waals surface area contributed by atoms with Crippen LogP contribution in [0.4, 0.5) is 9.59 Å². The molecule has 1 aliphatic rings. The summed E-state index contributed by atoms with van der Waals surface area (Å²) < 4.78 is 5.51. The maximum Gasteiger partial charge on any atom is 0.407 e. The van der Waals surface area contributed by atoms with Gasteiger partial charge in [0, 0.05) is 56.1 Å². The van der Waals surface area contributed by atoms with Crippen molar-refractivity contribution in [3.8, 4) is 0 Å². The second-order valence-electron chi connectivity index (χ2n) is 14.0. The Balaban J connectivity index is 1.28. The van der Waals surface area contributed by atoms with E-state index in [1.165, 1.54) is 16.2 Å². The first-order chi connectivity index (χ1) is 26.1. The van der Waals surface area contributed by atoms with E-state index in [4.69, 9.17) is 4.74 Å². The minimum atomic E-state index is -0.881. The fourth-order valence-corrected chi connectivity index (χ4v) is 7.67. The number of carbonyl (C=O) groups is 4. The first-order valence-corrected chi connectivity index (χ1v) is 20.3. The summed E-state index contributed by atoms with van der Waals surface area (Å²) in [5.74, 6) is 0.0312. The van der Waals surface area contributed by atoms with Gasteiger partial charge < -0.3 is 30.5 Å². The number of ether oxygens (including phenoxy) is 1. The van der Waals surface area contributed by atoms with Crippen molar-refractivity contribution in [1.29, 1.82) is 0 Å². The second-order valence-corrected chi connectivity index (χ2v) is 15.9. The lowest BCUT2D eigenvalue weighted by atomic mass is 9.95. The lowest BCUT2D eigenvalue weighted by Crippen LogP contribution is -2.53. The highest BCUT2D eigenvalue weighted by Gasteiger charge is 2.28. The lowest BCUT2D eigenvalue weighted by molar-refractivity contribution is -0.129. The van der Waals surface area contributed by atoms with E-state index in [0.29, 0.717) is 57.7 Å². The van der Waals surface area contributed by atoms with Crippen LogP contribution in [-0.2, 0) is 40.3 Å². The van der Waals surface area contributed by atoms with Gasteiger partial charge in [-0.25, -0.2) is 14.6 Å². The van der Waals surface area contributed by atoms with Crippen LogP contribution < -0.4 is 16.0 Å². The maximum absolute atomic E-state index is 14.2. The zero-order valence-electron chi connectivity index (χ0n) is 31.2. The molecule has 3 heterocycles. The molecule has 1 saturated heterocycles. The molecule has 12 nitrogen and oxygen atoms in total. The van der Waals surface area contributed by atoms with Gasteiger partial charge in [0.25, 0.3) is 0 Å². The fraction of sp³-hybridized carbons (Fsp3) is 0.450. The van der Waals surface area contributed by atoms with E-state index in [2.05, 4.69) is 39.8 Å². The van der Waals surface area contributed by atoms with Crippen LogP contribution in [0.25, 0.3) is 0 Å². The predicted octanol–water partition coefficient (Wildman–Crippen LogP) is 6.29. The van der Waals surface area contributed by atoms with Gasteiger partial charge in [0.1, 0.15) is 12.6 Å². The SMILES string of the molecule is CC(C)c1nc(CN(C)C(=O)N[C@@H](CCN2CCCC2=O)C(=O)N[C@H](CC[C@H](Cc2ccccc2)NC(=O)OCc2cncs2)Cc2ccccc2)cs1. The van der Waals surface area contributed by atoms with E-state index in [1.54, 1.807) is 35.0 Å². The van der Waals surface area contributed by atoms with Crippen molar-refractivity contribution in [2.75, 3.05) is 20.1 Å². The summed E-state index contributed by atoms with van der Waals surface area (Å²) >= 11 is 2.99. The first kappa shape index (κ1) is 40.4. The molecule has 54 heavy (non-hydrogen) atoms. The third-order valence-corrected chi connectivity index (χ3v) is 11.2. The normalized spacial score (nSPS) is 14.4. The zero-order chi connectivity index (χ0) is 38.3. The molecule has 288 valence electrons. The molecular formula is C40H51N7O5S2. The summed E-state index contributed by atoms with van der Waals surface area (Å²) in [5, 5.41) is 12.2. The molecule has 1 fully saturated rings. The molecular weight excluding hydrogens is 723 g/mol. The molecule has 3 atom stereocenters. The van der Waals surface area contributed by atoms with Crippen molar-refractivity contribution < 1.29 is 23.9 Å². The van der Waals surface area contributed by atoms with Gasteiger partial charge >= 0.3 is 12.1 Å². The number of urea groups is 1. The molecule has 0 aliphatic carbocycles. The molecule has 0 saturated carbocycles. The average Bonchev–Trinajstić information content (AvgIpc) is 3.95. The van der Waals surface area contributed by atoms with E-state index in [-0.39, 0.29) is 36.9 Å². The maximum atomic E-state index is 14.2. The number of rotatable bonds is 19. The Bertz CT molecular complexity index is 1770. The van der Waals surface area contributed by atoms with Gasteiger partial charge in [-0.1, -0.05) is 74.5 Å². The van der Waals surface area contributed by atoms with Gasteiger partial charge in [-0.15, -0.1) is 22.7 Å². The Hall–Kier alpha value is -4.82. The number of thiazole rings is 2. The number of aromatic nitrogens is 2. The van der Waals surface area contributed by atoms with Gasteiger partial charge in [0.05, 0.1) is 27.6 Å². The number of nitrogens with zero attached hydrogens (tertiary/aromatic N) is 4. The standard InChI is InChI=1S/C40H51N7O5S2/c1-28(2)38-43-33(26-53-38)24-46(3)39(50)45-35(18-20-47-19-10-15-36(47)48)37(49)42-31(21-29-11-6-4-7-12-29)16-17-32(22-30-13-8-5-9-14-30)44-40(51)52-25-34-23-41-27-54-34/h4-9,11-14,23,26-28,31-32,35H,10,15-22,24-25H2,1-3H3,(H,42,49)(H,44,51)(H,45,50)/t31-,32-,35+/m1/s1. The highest BCUT2D eigenvalue weighted by Crippen LogP contribution is 2.20. The summed E-state index contributed by atoms with van der Waals surface area (Å²) in [7, 11) is 1.68. The number of benzene rings is 2. The molecule has 1 aliphatic heterocycles. The largest absolute Gasteiger partial charge is 0.444 e. The number of hydrogen-bond donors (Lipinski definition) is 3. The molecule has 0 bridgehead atoms. The van der Waals surface area contributed by atoms with Gasteiger partial charge in [-0.05, 0) is 49.7 Å². The summed E-state index contributed by atoms with van der Waals surface area (Å²) in [6.07, 6.45) is 4.93. The van der Waals surface area contributed by atoms with Crippen molar-refractivity contribution >= 4 is 46.6 Å². The minimum absolute atomic E-state index is 0.0617. The predicted molar refractivity (Wildman–Crippen MR) is 211 cm³/mol. The van der Waals surface area contributed by atoms with Crippen molar-refractivity contribution in [2.24, 2.45) is 0 Å². The lowest BCUT2D eigenvalue weighted by Gasteiger charge is -2.28. The molecule has 2 aromatic carbocycles. The number of alkyl carbamates (subject to hydrolysis) is 1. The highest BCUT2D eigenvalue weighted by molar-refractivity contribution is 7.09. The summed E-state index contributed by atoms with van der Waals surface area (Å²) in [6, 6.07) is 18.0. The topological polar surface area (TPSA) is 146 Å². The van der Waals surface area contributed by atoms with E-state index in [0.717, 1.165) is 33.1 Å². The molecule has 0 spiro atoms. The van der Waals surface area contributed by atoms with E-state index in [1.807, 2.05) is 66.0 Å². The van der Waals surface area contributed by atoms with Crippen LogP contribution in [0.3, 0.4) is 0 Å². The first-order valence-electron chi connectivity index (χ1n) is 18.6. The Morgan fingerprint density at radius 2 is 1.57 bits per heavy atom. The zero-order valence-corrected chi connectivity index (χ0v) is 32.9. The van der Waals surface area contributed by atoms with Crippen molar-refractivity contribution in [1.82, 2.24) is 35.7 Å². The van der Waals surface area contributed by atoms with Gasteiger partial charge in [-0.3, -0.25) is 14.6 Å². The van der Waals surface area contributed by atoms with Crippen LogP contribution in [-0.4, -0.2) is 82.0 Å². The summed E-state index contributed by atoms with van der Waals surface area (Å²) in [6.45, 7) is 5.60. The fourth-order valence-electron chi connectivity index (χ4n) is 6.34.